The molecule has 3 heterocycles. The van der Waals surface area contributed by atoms with E-state index in [2.05, 4.69) is 25.0 Å². The molecule has 0 aliphatic carbocycles. The summed E-state index contributed by atoms with van der Waals surface area (Å²) in [5.41, 5.74) is 5.55. The normalized spacial score (nSPS) is 11.8. The molecule has 0 saturated heterocycles. The lowest BCUT2D eigenvalue weighted by molar-refractivity contribution is -0.137. The first-order chi connectivity index (χ1) is 9.93. The number of nitrogens with two attached hydrogens (primary N) is 1. The van der Waals surface area contributed by atoms with E-state index in [9.17, 15) is 13.2 Å². The molecule has 2 N–H and O–H groups in total. The molecule has 108 valence electrons. The molecule has 0 aromatic carbocycles. The molecule has 0 fully saturated rings. The topological polar surface area (TPSA) is 95.4 Å². The monoisotopic (exact) mass is 313 g/mol. The largest absolute Gasteiger partial charge is 0.443 e. The van der Waals surface area contributed by atoms with Crippen LogP contribution in [0, 0.1) is 0 Å². The lowest BCUT2D eigenvalue weighted by Gasteiger charge is -2.03. The number of alkyl halides is 3. The van der Waals surface area contributed by atoms with E-state index >= 15 is 0 Å². The maximum atomic E-state index is 12.6. The predicted molar refractivity (Wildman–Crippen MR) is 67.5 cm³/mol. The van der Waals surface area contributed by atoms with Gasteiger partial charge in [0.1, 0.15) is 0 Å². The molecule has 0 aliphatic rings. The summed E-state index contributed by atoms with van der Waals surface area (Å²) in [7, 11) is 0. The Balaban J connectivity index is 2.05. The first-order valence-electron chi connectivity index (χ1n) is 5.48. The van der Waals surface area contributed by atoms with E-state index in [4.69, 9.17) is 5.73 Å². The van der Waals surface area contributed by atoms with Crippen molar-refractivity contribution in [2.75, 3.05) is 5.73 Å². The van der Waals surface area contributed by atoms with Crippen LogP contribution in [0.15, 0.2) is 24.7 Å². The van der Waals surface area contributed by atoms with Crippen LogP contribution in [0.5, 0.6) is 0 Å². The van der Waals surface area contributed by atoms with Crippen molar-refractivity contribution in [2.45, 2.75) is 6.18 Å². The maximum absolute atomic E-state index is 12.6. The van der Waals surface area contributed by atoms with Gasteiger partial charge in [0.25, 0.3) is 5.95 Å². The summed E-state index contributed by atoms with van der Waals surface area (Å²) in [6, 6.07) is 1.65. The van der Waals surface area contributed by atoms with E-state index in [1.807, 2.05) is 0 Å². The van der Waals surface area contributed by atoms with Crippen molar-refractivity contribution >= 4 is 17.3 Å². The molecule has 0 spiro atoms. The number of nitrogen functional groups attached to an aromatic ring is 1. The highest BCUT2D eigenvalue weighted by Gasteiger charge is 2.35. The van der Waals surface area contributed by atoms with Gasteiger partial charge >= 0.3 is 6.18 Å². The van der Waals surface area contributed by atoms with Gasteiger partial charge in [0, 0.05) is 18.6 Å². The Kier molecular flexibility index (Phi) is 3.05. The van der Waals surface area contributed by atoms with Gasteiger partial charge in [0.05, 0.1) is 4.88 Å². The van der Waals surface area contributed by atoms with Gasteiger partial charge in [-0.15, -0.1) is 11.3 Å². The first-order valence-corrected chi connectivity index (χ1v) is 6.30. The molecule has 3 aromatic heterocycles. The minimum absolute atomic E-state index is 0.0148. The van der Waals surface area contributed by atoms with Crippen molar-refractivity contribution in [2.24, 2.45) is 0 Å². The quantitative estimate of drug-likeness (QED) is 0.775. The number of nitrogens with zero attached hydrogens (tertiary/aromatic N) is 6. The molecule has 3 rings (SSSR count). The number of rotatable bonds is 2. The van der Waals surface area contributed by atoms with Gasteiger partial charge in [0.15, 0.2) is 10.8 Å². The van der Waals surface area contributed by atoms with Gasteiger partial charge in [-0.1, -0.05) is 0 Å². The number of thiazole rings is 1. The number of aromatic nitrogens is 6. The van der Waals surface area contributed by atoms with Crippen LogP contribution >= 0.6 is 11.3 Å². The summed E-state index contributed by atoms with van der Waals surface area (Å²) in [4.78, 5) is 15.2. The van der Waals surface area contributed by atoms with Crippen molar-refractivity contribution in [3.63, 3.8) is 0 Å². The van der Waals surface area contributed by atoms with Crippen LogP contribution in [0.4, 0.5) is 19.1 Å². The number of halogens is 3. The van der Waals surface area contributed by atoms with Gasteiger partial charge in [-0.05, 0) is 6.07 Å². The third-order valence-electron chi connectivity index (χ3n) is 2.32. The van der Waals surface area contributed by atoms with Crippen molar-refractivity contribution in [3.8, 4) is 16.6 Å². The van der Waals surface area contributed by atoms with E-state index in [-0.39, 0.29) is 22.6 Å². The SMILES string of the molecule is Nc1nc(-c2cnc(C(F)(F)F)s2)nc(-n2cccn2)n1. The zero-order valence-electron chi connectivity index (χ0n) is 10.1. The Bertz CT molecular complexity index is 765. The average Bonchev–Trinajstić information content (AvgIpc) is 3.09. The summed E-state index contributed by atoms with van der Waals surface area (Å²) in [5.74, 6) is 0.0120. The molecule has 0 unspecified atom stereocenters. The van der Waals surface area contributed by atoms with E-state index in [0.717, 1.165) is 6.20 Å². The van der Waals surface area contributed by atoms with Gasteiger partial charge < -0.3 is 5.73 Å². The van der Waals surface area contributed by atoms with Crippen LogP contribution in [0.1, 0.15) is 5.01 Å². The van der Waals surface area contributed by atoms with Crippen LogP contribution < -0.4 is 5.73 Å². The third kappa shape index (κ3) is 2.67. The van der Waals surface area contributed by atoms with Crippen LogP contribution in [-0.2, 0) is 6.18 Å². The fourth-order valence-electron chi connectivity index (χ4n) is 1.49. The van der Waals surface area contributed by atoms with Gasteiger partial charge in [0.2, 0.25) is 5.95 Å². The molecular formula is C10H6F3N7S. The van der Waals surface area contributed by atoms with Gasteiger partial charge in [-0.3, -0.25) is 0 Å². The predicted octanol–water partition coefficient (Wildman–Crippen LogP) is 1.78. The molecule has 0 saturated carbocycles. The number of hydrogen-bond donors (Lipinski definition) is 1. The summed E-state index contributed by atoms with van der Waals surface area (Å²) >= 11 is 0.433. The molecule has 11 heteroatoms. The molecule has 0 radical (unpaired) electrons. The van der Waals surface area contributed by atoms with E-state index in [1.54, 1.807) is 12.3 Å². The van der Waals surface area contributed by atoms with Crippen molar-refractivity contribution in [1.29, 1.82) is 0 Å². The molecule has 0 aliphatic heterocycles. The zero-order chi connectivity index (χ0) is 15.0. The lowest BCUT2D eigenvalue weighted by Crippen LogP contribution is -2.07. The summed E-state index contributed by atoms with van der Waals surface area (Å²) in [6.07, 6.45) is -0.373. The maximum Gasteiger partial charge on any atom is 0.443 e. The average molecular weight is 313 g/mol. The van der Waals surface area contributed by atoms with Gasteiger partial charge in [-0.25, -0.2) is 9.67 Å². The molecule has 0 bridgehead atoms. The number of anilines is 1. The van der Waals surface area contributed by atoms with Crippen LogP contribution in [0.2, 0.25) is 0 Å². The third-order valence-corrected chi connectivity index (χ3v) is 3.36. The second-order valence-electron chi connectivity index (χ2n) is 3.80. The van der Waals surface area contributed by atoms with Gasteiger partial charge in [-0.2, -0.15) is 33.2 Å². The highest BCUT2D eigenvalue weighted by atomic mass is 32.1. The summed E-state index contributed by atoms with van der Waals surface area (Å²) in [5, 5.41) is 2.95. The summed E-state index contributed by atoms with van der Waals surface area (Å²) < 4.78 is 39.0. The molecule has 21 heavy (non-hydrogen) atoms. The molecule has 7 nitrogen and oxygen atoms in total. The number of hydrogen-bond acceptors (Lipinski definition) is 7. The highest BCUT2D eigenvalue weighted by molar-refractivity contribution is 7.15. The lowest BCUT2D eigenvalue weighted by atomic mass is 10.5. The Morgan fingerprint density at radius 3 is 2.62 bits per heavy atom. The van der Waals surface area contributed by atoms with E-state index in [0.29, 0.717) is 11.3 Å². The Labute approximate surface area is 119 Å². The van der Waals surface area contributed by atoms with Crippen molar-refractivity contribution < 1.29 is 13.2 Å². The van der Waals surface area contributed by atoms with E-state index in [1.165, 1.54) is 10.9 Å². The van der Waals surface area contributed by atoms with Crippen LogP contribution in [0.25, 0.3) is 16.6 Å². The second kappa shape index (κ2) is 4.77. The standard InChI is InChI=1S/C10H6F3N7S/c11-10(12,13)7-15-4-5(21-7)6-17-8(14)19-9(18-6)20-3-1-2-16-20/h1-4H,(H2,14,17,18,19). The Morgan fingerprint density at radius 2 is 2.00 bits per heavy atom. The minimum atomic E-state index is -4.51. The van der Waals surface area contributed by atoms with Crippen molar-refractivity contribution in [1.82, 2.24) is 29.7 Å². The summed E-state index contributed by atoms with van der Waals surface area (Å²) in [6.45, 7) is 0. The molecule has 0 amide bonds. The minimum Gasteiger partial charge on any atom is -0.368 e. The molecular weight excluding hydrogens is 307 g/mol. The Hall–Kier alpha value is -2.56. The highest BCUT2D eigenvalue weighted by Crippen LogP contribution is 2.35. The fraction of sp³-hybridized carbons (Fsp3) is 0.100. The Morgan fingerprint density at radius 1 is 1.19 bits per heavy atom. The second-order valence-corrected chi connectivity index (χ2v) is 4.83. The zero-order valence-corrected chi connectivity index (χ0v) is 10.9. The van der Waals surface area contributed by atoms with Crippen LogP contribution in [0.3, 0.4) is 0 Å². The van der Waals surface area contributed by atoms with E-state index < -0.39 is 11.2 Å². The first kappa shape index (κ1) is 13.4. The van der Waals surface area contributed by atoms with Crippen LogP contribution in [-0.4, -0.2) is 29.7 Å². The smallest absolute Gasteiger partial charge is 0.368 e. The molecule has 3 aromatic rings. The fourth-order valence-corrected chi connectivity index (χ4v) is 2.21. The molecule has 0 atom stereocenters. The van der Waals surface area contributed by atoms with Crippen molar-refractivity contribution in [3.05, 3.63) is 29.7 Å².